The van der Waals surface area contributed by atoms with Crippen LogP contribution in [0.1, 0.15) is 26.0 Å². The molecule has 2 aromatic carbocycles. The van der Waals surface area contributed by atoms with Crippen LogP contribution in [0.4, 0.5) is 5.69 Å². The Hall–Kier alpha value is -2.95. The Morgan fingerprint density at radius 2 is 1.82 bits per heavy atom. The fourth-order valence-electron chi connectivity index (χ4n) is 3.28. The Bertz CT molecular complexity index is 1260. The molecular formula is C23H27N3O5S2. The Morgan fingerprint density at radius 3 is 2.42 bits per heavy atom. The standard InChI is InChI=1S/C23H27N3O5S2/c1-4-25(5-2)33(29,30)19-11-12-21(31-18-9-7-6-8-10-18)20(15-19)24-22(27)13-14-26-17(3)16-32-23(26)28/h6-12,15-16H,4-5,13-14H2,1-3H3,(H,24,27). The Kier molecular flexibility index (Phi) is 8.06. The van der Waals surface area contributed by atoms with Crippen molar-refractivity contribution in [2.45, 2.75) is 38.6 Å². The van der Waals surface area contributed by atoms with Gasteiger partial charge in [0.1, 0.15) is 5.75 Å². The normalized spacial score (nSPS) is 11.5. The highest BCUT2D eigenvalue weighted by Crippen LogP contribution is 2.33. The summed E-state index contributed by atoms with van der Waals surface area (Å²) in [7, 11) is -3.73. The minimum absolute atomic E-state index is 0.0509. The lowest BCUT2D eigenvalue weighted by Crippen LogP contribution is -2.30. The molecule has 0 aliphatic heterocycles. The maximum absolute atomic E-state index is 13.0. The third-order valence-corrected chi connectivity index (χ3v) is 8.01. The quantitative estimate of drug-likeness (QED) is 0.463. The molecule has 0 unspecified atom stereocenters. The van der Waals surface area contributed by atoms with Gasteiger partial charge in [0.05, 0.1) is 10.6 Å². The SMILES string of the molecule is CCN(CC)S(=O)(=O)c1ccc(Oc2ccccc2)c(NC(=O)CCn2c(C)csc2=O)c1. The number of rotatable bonds is 10. The second-order valence-electron chi connectivity index (χ2n) is 7.26. The number of benzene rings is 2. The summed E-state index contributed by atoms with van der Waals surface area (Å²) in [5.41, 5.74) is 1.03. The first-order valence-electron chi connectivity index (χ1n) is 10.6. The van der Waals surface area contributed by atoms with E-state index in [1.165, 1.54) is 27.1 Å². The predicted molar refractivity (Wildman–Crippen MR) is 130 cm³/mol. The molecule has 0 saturated heterocycles. The van der Waals surface area contributed by atoms with Crippen LogP contribution < -0.4 is 14.9 Å². The summed E-state index contributed by atoms with van der Waals surface area (Å²) in [6, 6.07) is 13.4. The van der Waals surface area contributed by atoms with Crippen LogP contribution in [0, 0.1) is 6.92 Å². The molecule has 1 amide bonds. The third kappa shape index (κ3) is 5.89. The number of carbonyl (C=O) groups excluding carboxylic acids is 1. The van der Waals surface area contributed by atoms with Crippen LogP contribution in [-0.4, -0.2) is 36.3 Å². The highest BCUT2D eigenvalue weighted by Gasteiger charge is 2.23. The highest BCUT2D eigenvalue weighted by molar-refractivity contribution is 7.89. The molecule has 1 N–H and O–H groups in total. The Labute approximate surface area is 197 Å². The number of aromatic nitrogens is 1. The number of para-hydroxylation sites is 1. The average Bonchev–Trinajstić information content (AvgIpc) is 3.12. The van der Waals surface area contributed by atoms with Gasteiger partial charge in [0.25, 0.3) is 0 Å². The van der Waals surface area contributed by atoms with Gasteiger partial charge < -0.3 is 14.6 Å². The van der Waals surface area contributed by atoms with Crippen molar-refractivity contribution in [3.8, 4) is 11.5 Å². The van der Waals surface area contributed by atoms with Crippen molar-refractivity contribution < 1.29 is 17.9 Å². The zero-order chi connectivity index (χ0) is 24.0. The van der Waals surface area contributed by atoms with Crippen molar-refractivity contribution in [1.29, 1.82) is 0 Å². The molecular weight excluding hydrogens is 462 g/mol. The van der Waals surface area contributed by atoms with Gasteiger partial charge in [-0.3, -0.25) is 9.59 Å². The first-order chi connectivity index (χ1) is 15.8. The van der Waals surface area contributed by atoms with E-state index in [9.17, 15) is 18.0 Å². The summed E-state index contributed by atoms with van der Waals surface area (Å²) < 4.78 is 34.8. The van der Waals surface area contributed by atoms with Crippen molar-refractivity contribution >= 4 is 33.0 Å². The molecule has 33 heavy (non-hydrogen) atoms. The number of nitrogens with zero attached hydrogens (tertiary/aromatic N) is 2. The van der Waals surface area contributed by atoms with Gasteiger partial charge in [-0.2, -0.15) is 4.31 Å². The topological polar surface area (TPSA) is 97.7 Å². The van der Waals surface area contributed by atoms with E-state index >= 15 is 0 Å². The van der Waals surface area contributed by atoms with Crippen molar-refractivity contribution in [1.82, 2.24) is 8.87 Å². The van der Waals surface area contributed by atoms with Crippen LogP contribution in [0.5, 0.6) is 11.5 Å². The molecule has 0 atom stereocenters. The van der Waals surface area contributed by atoms with Crippen molar-refractivity contribution in [2.24, 2.45) is 0 Å². The maximum Gasteiger partial charge on any atom is 0.307 e. The fourth-order valence-corrected chi connectivity index (χ4v) is 5.53. The van der Waals surface area contributed by atoms with Gasteiger partial charge >= 0.3 is 4.87 Å². The maximum atomic E-state index is 13.0. The number of sulfonamides is 1. The summed E-state index contributed by atoms with van der Waals surface area (Å²) in [4.78, 5) is 24.5. The van der Waals surface area contributed by atoms with Crippen molar-refractivity contribution in [3.05, 3.63) is 69.3 Å². The van der Waals surface area contributed by atoms with Gasteiger partial charge in [-0.15, -0.1) is 0 Å². The van der Waals surface area contributed by atoms with Crippen LogP contribution in [0.15, 0.2) is 63.6 Å². The van der Waals surface area contributed by atoms with E-state index in [1.54, 1.807) is 31.4 Å². The molecule has 1 aromatic heterocycles. The van der Waals surface area contributed by atoms with Crippen LogP contribution in [0.2, 0.25) is 0 Å². The summed E-state index contributed by atoms with van der Waals surface area (Å²) in [5.74, 6) is 0.507. The van der Waals surface area contributed by atoms with Crippen LogP contribution in [-0.2, 0) is 21.4 Å². The number of hydrogen-bond acceptors (Lipinski definition) is 6. The summed E-state index contributed by atoms with van der Waals surface area (Å²) in [6.45, 7) is 6.24. The summed E-state index contributed by atoms with van der Waals surface area (Å²) in [6.07, 6.45) is 0.0509. The molecule has 1 heterocycles. The molecule has 0 aliphatic carbocycles. The monoisotopic (exact) mass is 489 g/mol. The second-order valence-corrected chi connectivity index (χ2v) is 10.0. The molecule has 0 aliphatic rings. The molecule has 3 aromatic rings. The van der Waals surface area contributed by atoms with Crippen LogP contribution in [0.3, 0.4) is 0 Å². The lowest BCUT2D eigenvalue weighted by molar-refractivity contribution is -0.116. The van der Waals surface area contributed by atoms with Gasteiger partial charge in [0.2, 0.25) is 15.9 Å². The van der Waals surface area contributed by atoms with E-state index in [1.807, 2.05) is 25.1 Å². The van der Waals surface area contributed by atoms with Crippen molar-refractivity contribution in [3.63, 3.8) is 0 Å². The van der Waals surface area contributed by atoms with Crippen molar-refractivity contribution in [2.75, 3.05) is 18.4 Å². The Balaban J connectivity index is 1.89. The fraction of sp³-hybridized carbons (Fsp3) is 0.304. The highest BCUT2D eigenvalue weighted by atomic mass is 32.2. The van der Waals surface area contributed by atoms with Gasteiger partial charge in [0, 0.05) is 37.1 Å². The van der Waals surface area contributed by atoms with E-state index in [0.717, 1.165) is 17.0 Å². The lowest BCUT2D eigenvalue weighted by Gasteiger charge is -2.20. The molecule has 0 radical (unpaired) electrons. The number of ether oxygens (including phenoxy) is 1. The first-order valence-corrected chi connectivity index (χ1v) is 12.9. The summed E-state index contributed by atoms with van der Waals surface area (Å²) >= 11 is 1.09. The molecule has 0 bridgehead atoms. The molecule has 0 spiro atoms. The predicted octanol–water partition coefficient (Wildman–Crippen LogP) is 4.07. The largest absolute Gasteiger partial charge is 0.455 e. The molecule has 3 rings (SSSR count). The average molecular weight is 490 g/mol. The molecule has 10 heteroatoms. The second kappa shape index (κ2) is 10.8. The van der Waals surface area contributed by atoms with E-state index in [-0.39, 0.29) is 34.3 Å². The minimum atomic E-state index is -3.73. The van der Waals surface area contributed by atoms with Gasteiger partial charge in [-0.25, -0.2) is 8.42 Å². The number of thiazole rings is 1. The molecule has 0 saturated carbocycles. The number of anilines is 1. The first kappa shape index (κ1) is 24.7. The number of carbonyl (C=O) groups is 1. The smallest absolute Gasteiger partial charge is 0.307 e. The number of aryl methyl sites for hydroxylation is 1. The lowest BCUT2D eigenvalue weighted by atomic mass is 10.2. The van der Waals surface area contributed by atoms with E-state index in [4.69, 9.17) is 4.74 Å². The van der Waals surface area contributed by atoms with Gasteiger partial charge in [-0.05, 0) is 37.3 Å². The molecule has 8 nitrogen and oxygen atoms in total. The zero-order valence-corrected chi connectivity index (χ0v) is 20.4. The van der Waals surface area contributed by atoms with Crippen LogP contribution in [0.25, 0.3) is 0 Å². The van der Waals surface area contributed by atoms with E-state index < -0.39 is 10.0 Å². The van der Waals surface area contributed by atoms with E-state index in [2.05, 4.69) is 5.32 Å². The Morgan fingerprint density at radius 1 is 1.12 bits per heavy atom. The third-order valence-electron chi connectivity index (χ3n) is 5.08. The molecule has 176 valence electrons. The van der Waals surface area contributed by atoms with Gasteiger partial charge in [0.15, 0.2) is 5.75 Å². The number of nitrogens with one attached hydrogen (secondary N) is 1. The van der Waals surface area contributed by atoms with Gasteiger partial charge in [-0.1, -0.05) is 43.4 Å². The number of amides is 1. The minimum Gasteiger partial charge on any atom is -0.455 e. The van der Waals surface area contributed by atoms with E-state index in [0.29, 0.717) is 24.6 Å². The molecule has 0 fully saturated rings. The summed E-state index contributed by atoms with van der Waals surface area (Å²) in [5, 5.41) is 4.50. The van der Waals surface area contributed by atoms with Crippen LogP contribution >= 0.6 is 11.3 Å². The number of hydrogen-bond donors (Lipinski definition) is 1. The zero-order valence-electron chi connectivity index (χ0n) is 18.8.